The molecule has 0 bridgehead atoms. The number of ether oxygens (including phenoxy) is 2. The number of carbonyl (C=O) groups is 2. The summed E-state index contributed by atoms with van der Waals surface area (Å²) in [5, 5.41) is 18.7. The monoisotopic (exact) mass is 398 g/mol. The molecule has 1 heterocycles. The molecule has 0 spiro atoms. The number of carboxylic acid groups (broad SMARTS) is 2. The van der Waals surface area contributed by atoms with Crippen molar-refractivity contribution in [1.82, 2.24) is 0 Å². The Kier molecular flexibility index (Phi) is 4.52. The van der Waals surface area contributed by atoms with E-state index in [0.29, 0.717) is 21.2 Å². The Hall–Kier alpha value is -2.77. The summed E-state index contributed by atoms with van der Waals surface area (Å²) in [5.74, 6) is -7.89. The molecule has 9 heteroatoms. The Labute approximate surface area is 156 Å². The number of hydrogen-bond acceptors (Lipinski definition) is 4. The van der Waals surface area contributed by atoms with Gasteiger partial charge in [-0.2, -0.15) is 0 Å². The molecule has 2 aromatic rings. The molecule has 2 aromatic carbocycles. The lowest BCUT2D eigenvalue weighted by Gasteiger charge is -2.18. The molecular formula is C17H9Cl2FO6. The molecule has 6 nitrogen and oxygen atoms in total. The van der Waals surface area contributed by atoms with Crippen molar-refractivity contribution in [3.05, 3.63) is 64.1 Å². The Morgan fingerprint density at radius 1 is 1.04 bits per heavy atom. The lowest BCUT2D eigenvalue weighted by Crippen LogP contribution is -2.47. The first kappa shape index (κ1) is 18.0. The standard InChI is InChI=1S/C17H9Cl2FO6/c18-10-2-1-3-11(19)14(10)8-4-5-9(12(20)6-8)13-7-25-17(26-13,15(21)22)16(23)24/h1-7H,(H,21,22)(H,23,24). The molecule has 0 atom stereocenters. The molecule has 26 heavy (non-hydrogen) atoms. The van der Waals surface area contributed by atoms with Crippen LogP contribution in [-0.2, 0) is 19.1 Å². The fourth-order valence-electron chi connectivity index (χ4n) is 2.38. The maximum Gasteiger partial charge on any atom is 0.452 e. The van der Waals surface area contributed by atoms with Crippen molar-refractivity contribution in [3.63, 3.8) is 0 Å². The Balaban J connectivity index is 1.98. The van der Waals surface area contributed by atoms with E-state index in [1.807, 2.05) is 0 Å². The zero-order chi connectivity index (χ0) is 19.1. The zero-order valence-electron chi connectivity index (χ0n) is 12.7. The third-order valence-corrected chi connectivity index (χ3v) is 4.26. The van der Waals surface area contributed by atoms with Crippen molar-refractivity contribution >= 4 is 40.9 Å². The summed E-state index contributed by atoms with van der Waals surface area (Å²) in [4.78, 5) is 22.3. The van der Waals surface area contributed by atoms with E-state index in [2.05, 4.69) is 4.74 Å². The van der Waals surface area contributed by atoms with E-state index in [4.69, 9.17) is 38.2 Å². The molecule has 1 aliphatic rings. The third-order valence-electron chi connectivity index (χ3n) is 3.63. The van der Waals surface area contributed by atoms with Crippen molar-refractivity contribution in [2.75, 3.05) is 0 Å². The number of carboxylic acids is 2. The predicted molar refractivity (Wildman–Crippen MR) is 90.0 cm³/mol. The van der Waals surface area contributed by atoms with E-state index in [1.54, 1.807) is 18.2 Å². The quantitative estimate of drug-likeness (QED) is 0.755. The topological polar surface area (TPSA) is 93.1 Å². The Morgan fingerprint density at radius 2 is 1.65 bits per heavy atom. The average Bonchev–Trinajstić information content (AvgIpc) is 3.01. The lowest BCUT2D eigenvalue weighted by molar-refractivity contribution is -0.207. The smallest absolute Gasteiger partial charge is 0.452 e. The molecule has 0 fully saturated rings. The van der Waals surface area contributed by atoms with Crippen molar-refractivity contribution in [2.24, 2.45) is 0 Å². The van der Waals surface area contributed by atoms with E-state index in [9.17, 15) is 14.0 Å². The van der Waals surface area contributed by atoms with Gasteiger partial charge in [0.05, 0.1) is 5.56 Å². The highest BCUT2D eigenvalue weighted by Crippen LogP contribution is 2.38. The number of rotatable bonds is 4. The highest BCUT2D eigenvalue weighted by atomic mass is 35.5. The summed E-state index contributed by atoms with van der Waals surface area (Å²) < 4.78 is 24.1. The molecule has 0 saturated carbocycles. The molecule has 0 radical (unpaired) electrons. The van der Waals surface area contributed by atoms with Crippen LogP contribution < -0.4 is 0 Å². The molecule has 2 N–H and O–H groups in total. The van der Waals surface area contributed by atoms with Crippen molar-refractivity contribution in [3.8, 4) is 11.1 Å². The SMILES string of the molecule is O=C(O)C1(C(=O)O)OC=C(c2ccc(-c3c(Cl)cccc3Cl)cc2F)O1. The van der Waals surface area contributed by atoms with Crippen LogP contribution in [0.4, 0.5) is 4.39 Å². The molecular weight excluding hydrogens is 390 g/mol. The second-order valence-electron chi connectivity index (χ2n) is 5.22. The summed E-state index contributed by atoms with van der Waals surface area (Å²) in [7, 11) is 0. The van der Waals surface area contributed by atoms with Crippen LogP contribution in [0.15, 0.2) is 42.7 Å². The highest BCUT2D eigenvalue weighted by molar-refractivity contribution is 6.39. The second kappa shape index (κ2) is 6.51. The van der Waals surface area contributed by atoms with Gasteiger partial charge in [-0.25, -0.2) is 14.0 Å². The van der Waals surface area contributed by atoms with Gasteiger partial charge in [0.15, 0.2) is 5.76 Å². The number of aliphatic carboxylic acids is 2. The van der Waals surface area contributed by atoms with Gasteiger partial charge in [0, 0.05) is 15.6 Å². The Morgan fingerprint density at radius 3 is 2.15 bits per heavy atom. The minimum atomic E-state index is -2.95. The van der Waals surface area contributed by atoms with E-state index >= 15 is 0 Å². The van der Waals surface area contributed by atoms with Crippen LogP contribution in [0.1, 0.15) is 5.56 Å². The van der Waals surface area contributed by atoms with Gasteiger partial charge in [-0.05, 0) is 29.8 Å². The fraction of sp³-hybridized carbons (Fsp3) is 0.0588. The largest absolute Gasteiger partial charge is 0.475 e. The van der Waals surface area contributed by atoms with Gasteiger partial charge in [0.1, 0.15) is 12.1 Å². The maximum absolute atomic E-state index is 14.5. The molecule has 1 aliphatic heterocycles. The third kappa shape index (κ3) is 2.85. The van der Waals surface area contributed by atoms with Crippen LogP contribution in [0.2, 0.25) is 10.0 Å². The van der Waals surface area contributed by atoms with Crippen LogP contribution in [0.3, 0.4) is 0 Å². The molecule has 0 saturated heterocycles. The minimum absolute atomic E-state index is 0.179. The van der Waals surface area contributed by atoms with Crippen LogP contribution >= 0.6 is 23.2 Å². The van der Waals surface area contributed by atoms with Gasteiger partial charge in [-0.1, -0.05) is 35.3 Å². The van der Waals surface area contributed by atoms with E-state index < -0.39 is 23.5 Å². The highest BCUT2D eigenvalue weighted by Gasteiger charge is 2.56. The van der Waals surface area contributed by atoms with E-state index in [0.717, 1.165) is 12.3 Å². The first-order chi connectivity index (χ1) is 12.3. The maximum atomic E-state index is 14.5. The van der Waals surface area contributed by atoms with Crippen LogP contribution in [0.5, 0.6) is 0 Å². The molecule has 0 aromatic heterocycles. The number of hydrogen-bond donors (Lipinski definition) is 2. The molecule has 0 aliphatic carbocycles. The summed E-state index contributed by atoms with van der Waals surface area (Å²) in [6, 6.07) is 8.72. The van der Waals surface area contributed by atoms with E-state index in [-0.39, 0.29) is 11.3 Å². The van der Waals surface area contributed by atoms with Gasteiger partial charge < -0.3 is 19.7 Å². The summed E-state index contributed by atoms with van der Waals surface area (Å²) in [5.41, 5.74) is 0.620. The molecule has 0 unspecified atom stereocenters. The van der Waals surface area contributed by atoms with Gasteiger partial charge >= 0.3 is 17.7 Å². The molecule has 0 amide bonds. The average molecular weight is 399 g/mol. The Bertz CT molecular complexity index is 922. The summed E-state index contributed by atoms with van der Waals surface area (Å²) >= 11 is 12.2. The van der Waals surface area contributed by atoms with Crippen molar-refractivity contribution in [2.45, 2.75) is 5.79 Å². The number of benzene rings is 2. The van der Waals surface area contributed by atoms with Gasteiger partial charge in [0.2, 0.25) is 0 Å². The van der Waals surface area contributed by atoms with E-state index in [1.165, 1.54) is 12.1 Å². The molecule has 3 rings (SSSR count). The van der Waals surface area contributed by atoms with Crippen LogP contribution in [0, 0.1) is 5.82 Å². The first-order valence-electron chi connectivity index (χ1n) is 7.04. The molecule has 134 valence electrons. The van der Waals surface area contributed by atoms with Crippen molar-refractivity contribution < 1.29 is 33.7 Å². The van der Waals surface area contributed by atoms with Crippen molar-refractivity contribution in [1.29, 1.82) is 0 Å². The summed E-state index contributed by atoms with van der Waals surface area (Å²) in [6.45, 7) is 0. The normalized spacial score (nSPS) is 15.0. The van der Waals surface area contributed by atoms with Crippen LogP contribution in [0.25, 0.3) is 16.9 Å². The number of halogens is 3. The summed E-state index contributed by atoms with van der Waals surface area (Å²) in [6.07, 6.45) is 0.739. The first-order valence-corrected chi connectivity index (χ1v) is 7.80. The second-order valence-corrected chi connectivity index (χ2v) is 6.03. The minimum Gasteiger partial charge on any atom is -0.475 e. The fourth-order valence-corrected chi connectivity index (χ4v) is 3.00. The van der Waals surface area contributed by atoms with Gasteiger partial charge in [-0.15, -0.1) is 0 Å². The zero-order valence-corrected chi connectivity index (χ0v) is 14.2. The predicted octanol–water partition coefficient (Wildman–Crippen LogP) is 4.01. The van der Waals surface area contributed by atoms with Gasteiger partial charge in [-0.3, -0.25) is 0 Å². The van der Waals surface area contributed by atoms with Crippen LogP contribution in [-0.4, -0.2) is 27.9 Å². The lowest BCUT2D eigenvalue weighted by atomic mass is 10.0. The van der Waals surface area contributed by atoms with Gasteiger partial charge in [0.25, 0.3) is 0 Å².